The zero-order chi connectivity index (χ0) is 45.8. The van der Waals surface area contributed by atoms with Crippen LogP contribution in [0, 0.1) is 40.5 Å². The van der Waals surface area contributed by atoms with Crippen LogP contribution < -0.4 is 29.8 Å². The van der Waals surface area contributed by atoms with E-state index in [1.165, 1.54) is 12.1 Å². The van der Waals surface area contributed by atoms with Gasteiger partial charge in [0, 0.05) is 23.3 Å². The highest BCUT2D eigenvalue weighted by molar-refractivity contribution is 6.02. The van der Waals surface area contributed by atoms with Gasteiger partial charge >= 0.3 is 11.4 Å². The SMILES string of the molecule is CCCC/C(=N/Nc1ccc([N+](=O)[O-])cc1[N+](=O)[O-])c1ccc2c(c1)OCCOCCOc1cc(/C(CCCC)=N\Nc3ccc([N+](=O)[O-])cc3[N+](=O)[O-])ccc1OCCOCCO2. The van der Waals surface area contributed by atoms with Crippen molar-refractivity contribution < 1.29 is 48.1 Å². The first-order valence-corrected chi connectivity index (χ1v) is 20.4. The lowest BCUT2D eigenvalue weighted by Crippen LogP contribution is -2.16. The lowest BCUT2D eigenvalue weighted by Gasteiger charge is -2.17. The molecular weight excluding hydrogens is 841 g/mol. The summed E-state index contributed by atoms with van der Waals surface area (Å²) < 4.78 is 36.0. The lowest BCUT2D eigenvalue weighted by atomic mass is 10.0. The van der Waals surface area contributed by atoms with Crippen LogP contribution in [-0.2, 0) is 9.47 Å². The average molecular weight is 889 g/mol. The third kappa shape index (κ3) is 13.8. The van der Waals surface area contributed by atoms with Gasteiger partial charge in [-0.2, -0.15) is 10.2 Å². The van der Waals surface area contributed by atoms with Gasteiger partial charge in [-0.1, -0.05) is 26.7 Å². The van der Waals surface area contributed by atoms with Crippen LogP contribution in [0.15, 0.2) is 83.0 Å². The van der Waals surface area contributed by atoms with Crippen molar-refractivity contribution in [1.82, 2.24) is 0 Å². The minimum absolute atomic E-state index is 0.00841. The van der Waals surface area contributed by atoms with Crippen molar-refractivity contribution >= 4 is 45.5 Å². The molecule has 64 heavy (non-hydrogen) atoms. The number of hydrogen-bond acceptors (Lipinski definition) is 18. The van der Waals surface area contributed by atoms with E-state index in [1.54, 1.807) is 36.4 Å². The lowest BCUT2D eigenvalue weighted by molar-refractivity contribution is -0.393. The molecule has 0 bridgehead atoms. The number of benzene rings is 4. The summed E-state index contributed by atoms with van der Waals surface area (Å²) in [6.07, 6.45) is 4.19. The molecule has 0 atom stereocenters. The van der Waals surface area contributed by atoms with Crippen molar-refractivity contribution in [1.29, 1.82) is 0 Å². The zero-order valence-corrected chi connectivity index (χ0v) is 35.2. The van der Waals surface area contributed by atoms with Gasteiger partial charge in [-0.15, -0.1) is 0 Å². The Balaban J connectivity index is 1.30. The van der Waals surface area contributed by atoms with Gasteiger partial charge in [0.05, 0.1) is 69.7 Å². The van der Waals surface area contributed by atoms with Gasteiger partial charge in [0.1, 0.15) is 37.8 Å². The first-order chi connectivity index (χ1) is 31.0. The molecule has 5 rings (SSSR count). The summed E-state index contributed by atoms with van der Waals surface area (Å²) in [5.41, 5.74) is 6.06. The second-order valence-corrected chi connectivity index (χ2v) is 13.9. The molecule has 1 heterocycles. The quantitative estimate of drug-likeness (QED) is 0.0605. The van der Waals surface area contributed by atoms with Crippen LogP contribution in [-0.4, -0.2) is 84.0 Å². The molecule has 1 aliphatic heterocycles. The number of nitrogens with one attached hydrogen (secondary N) is 2. The zero-order valence-electron chi connectivity index (χ0n) is 35.2. The number of hydrogen-bond donors (Lipinski definition) is 2. The molecule has 22 nitrogen and oxygen atoms in total. The average Bonchev–Trinajstić information content (AvgIpc) is 3.28. The van der Waals surface area contributed by atoms with Gasteiger partial charge in [0.2, 0.25) is 0 Å². The van der Waals surface area contributed by atoms with Crippen molar-refractivity contribution in [3.8, 4) is 23.0 Å². The summed E-state index contributed by atoms with van der Waals surface area (Å²) in [5.74, 6) is 1.67. The molecule has 0 amide bonds. The van der Waals surface area contributed by atoms with Crippen molar-refractivity contribution in [3.63, 3.8) is 0 Å². The Morgan fingerprint density at radius 3 is 1.22 bits per heavy atom. The van der Waals surface area contributed by atoms with Crippen LogP contribution in [0.3, 0.4) is 0 Å². The van der Waals surface area contributed by atoms with Crippen LogP contribution in [0.2, 0.25) is 0 Å². The predicted octanol–water partition coefficient (Wildman–Crippen LogP) is 8.59. The van der Waals surface area contributed by atoms with Crippen LogP contribution in [0.1, 0.15) is 63.5 Å². The number of anilines is 2. The van der Waals surface area contributed by atoms with Crippen LogP contribution in [0.4, 0.5) is 34.1 Å². The maximum atomic E-state index is 11.7. The molecule has 0 aliphatic carbocycles. The highest BCUT2D eigenvalue weighted by Gasteiger charge is 2.22. The van der Waals surface area contributed by atoms with E-state index in [0.717, 1.165) is 49.9 Å². The molecule has 340 valence electrons. The second-order valence-electron chi connectivity index (χ2n) is 13.9. The van der Waals surface area contributed by atoms with E-state index in [0.29, 0.717) is 58.4 Å². The topological polar surface area (TPSA) is 277 Å². The number of non-ortho nitro benzene ring substituents is 2. The number of nitro benzene ring substituents is 4. The number of nitrogens with zero attached hydrogens (tertiary/aromatic N) is 6. The van der Waals surface area contributed by atoms with Crippen LogP contribution in [0.25, 0.3) is 0 Å². The monoisotopic (exact) mass is 888 g/mol. The first kappa shape index (κ1) is 47.6. The Kier molecular flexibility index (Phi) is 18.0. The maximum Gasteiger partial charge on any atom is 0.301 e. The molecular formula is C42H48N8O14. The standard InChI is InChI=1S/C42H48N8O14/c1-3-5-7-33(43-45-35-13-11-31(47(51)52)27-37(35)49(55)56)29-9-15-39-41(25-29)63-23-19-60-20-24-64-42-26-30(10-16-40(42)62-22-18-59-17-21-61-39)34(8-6-4-2)44-46-36-14-12-32(48(53)54)28-38(36)50(57)58/h9-16,25-28,45-46H,3-8,17-24H2,1-2H3/b43-33-,44-34-. The number of fused-ring (bicyclic) bond motifs is 2. The van der Waals surface area contributed by atoms with Gasteiger partial charge in [-0.25, -0.2) is 0 Å². The highest BCUT2D eigenvalue weighted by atomic mass is 16.6. The summed E-state index contributed by atoms with van der Waals surface area (Å²) >= 11 is 0. The van der Waals surface area contributed by atoms with E-state index < -0.39 is 42.4 Å². The van der Waals surface area contributed by atoms with Crippen molar-refractivity contribution in [2.75, 3.05) is 63.7 Å². The van der Waals surface area contributed by atoms with Gasteiger partial charge in [-0.05, 0) is 74.2 Å². The van der Waals surface area contributed by atoms with Crippen molar-refractivity contribution in [3.05, 3.63) is 124 Å². The minimum Gasteiger partial charge on any atom is -0.487 e. The van der Waals surface area contributed by atoms with E-state index in [1.807, 2.05) is 13.8 Å². The Bertz CT molecular complexity index is 2180. The minimum atomic E-state index is -0.714. The third-order valence-corrected chi connectivity index (χ3v) is 9.43. The molecule has 0 spiro atoms. The molecule has 2 N–H and O–H groups in total. The number of ether oxygens (including phenoxy) is 6. The first-order valence-electron chi connectivity index (χ1n) is 20.4. The van der Waals surface area contributed by atoms with Crippen molar-refractivity contribution in [2.24, 2.45) is 10.2 Å². The van der Waals surface area contributed by atoms with Gasteiger partial charge < -0.3 is 28.4 Å². The normalized spacial score (nSPS) is 14.1. The van der Waals surface area contributed by atoms with Gasteiger partial charge in [0.25, 0.3) is 11.4 Å². The summed E-state index contributed by atoms with van der Waals surface area (Å²) in [5, 5.41) is 54.9. The smallest absolute Gasteiger partial charge is 0.301 e. The Morgan fingerprint density at radius 2 is 0.875 bits per heavy atom. The largest absolute Gasteiger partial charge is 0.487 e. The summed E-state index contributed by atoms with van der Waals surface area (Å²) in [6.45, 7) is 5.43. The predicted molar refractivity (Wildman–Crippen MR) is 235 cm³/mol. The molecule has 0 saturated carbocycles. The molecule has 1 aliphatic rings. The Labute approximate surface area is 366 Å². The molecule has 0 unspecified atom stereocenters. The molecule has 0 saturated heterocycles. The number of rotatable bonds is 16. The summed E-state index contributed by atoms with van der Waals surface area (Å²) in [7, 11) is 0. The summed E-state index contributed by atoms with van der Waals surface area (Å²) in [4.78, 5) is 43.0. The van der Waals surface area contributed by atoms with E-state index in [4.69, 9.17) is 28.4 Å². The van der Waals surface area contributed by atoms with Gasteiger partial charge in [0.15, 0.2) is 23.0 Å². The summed E-state index contributed by atoms with van der Waals surface area (Å²) in [6, 6.07) is 17.1. The van der Waals surface area contributed by atoms with Gasteiger partial charge in [-0.3, -0.25) is 51.3 Å². The Morgan fingerprint density at radius 1 is 0.500 bits per heavy atom. The Hall–Kier alpha value is -7.46. The third-order valence-electron chi connectivity index (χ3n) is 9.43. The molecule has 0 aromatic heterocycles. The molecule has 0 radical (unpaired) electrons. The number of nitro groups is 4. The van der Waals surface area contributed by atoms with E-state index in [9.17, 15) is 40.5 Å². The fraction of sp³-hybridized carbons (Fsp3) is 0.381. The molecule has 0 fully saturated rings. The van der Waals surface area contributed by atoms with Crippen LogP contribution >= 0.6 is 0 Å². The van der Waals surface area contributed by atoms with E-state index in [2.05, 4.69) is 21.1 Å². The second kappa shape index (κ2) is 24.2. The highest BCUT2D eigenvalue weighted by Crippen LogP contribution is 2.34. The van der Waals surface area contributed by atoms with Crippen LogP contribution in [0.5, 0.6) is 23.0 Å². The molecule has 4 aromatic carbocycles. The maximum absolute atomic E-state index is 11.7. The van der Waals surface area contributed by atoms with E-state index in [-0.39, 0.29) is 64.2 Å². The molecule has 4 aromatic rings. The number of hydrazone groups is 2. The number of unbranched alkanes of at least 4 members (excludes halogenated alkanes) is 2. The molecule has 22 heteroatoms. The van der Waals surface area contributed by atoms with E-state index >= 15 is 0 Å². The fourth-order valence-electron chi connectivity index (χ4n) is 6.12. The fourth-order valence-corrected chi connectivity index (χ4v) is 6.12. The van der Waals surface area contributed by atoms with Crippen molar-refractivity contribution in [2.45, 2.75) is 52.4 Å².